The molecule has 1 N–H and O–H groups in total. The molecule has 0 aliphatic rings. The minimum absolute atomic E-state index is 0.155. The number of hydrogen-bond acceptors (Lipinski definition) is 3. The molecule has 5 nitrogen and oxygen atoms in total. The van der Waals surface area contributed by atoms with Gasteiger partial charge in [0.1, 0.15) is 11.6 Å². The van der Waals surface area contributed by atoms with Crippen molar-refractivity contribution in [2.75, 3.05) is 0 Å². The van der Waals surface area contributed by atoms with Crippen LogP contribution in [0.15, 0.2) is 42.5 Å². The van der Waals surface area contributed by atoms with Crippen molar-refractivity contribution in [1.82, 2.24) is 20.3 Å². The van der Waals surface area contributed by atoms with Gasteiger partial charge in [-0.3, -0.25) is 4.79 Å². The summed E-state index contributed by atoms with van der Waals surface area (Å²) < 4.78 is 28.2. The standard InChI is InChI=1S/C19H18F2N4O/c1-11-16(21)5-4-6-17(11)25-13(3)18(23-24-25)19(26)22-12(2)14-7-9-15(20)10-8-14/h4-10,12H,1-3H3,(H,22,26). The van der Waals surface area contributed by atoms with Crippen molar-refractivity contribution in [2.45, 2.75) is 26.8 Å². The number of hydrogen-bond donors (Lipinski definition) is 1. The van der Waals surface area contributed by atoms with E-state index in [9.17, 15) is 13.6 Å². The fourth-order valence-electron chi connectivity index (χ4n) is 2.69. The first kappa shape index (κ1) is 17.7. The first-order valence-electron chi connectivity index (χ1n) is 8.12. The van der Waals surface area contributed by atoms with Gasteiger partial charge >= 0.3 is 0 Å². The molecule has 3 rings (SSSR count). The molecule has 2 aromatic carbocycles. The Labute approximate surface area is 149 Å². The van der Waals surface area contributed by atoms with Gasteiger partial charge in [0.15, 0.2) is 5.69 Å². The normalized spacial score (nSPS) is 12.0. The van der Waals surface area contributed by atoms with Crippen LogP contribution in [-0.2, 0) is 0 Å². The highest BCUT2D eigenvalue weighted by Gasteiger charge is 2.20. The molecule has 26 heavy (non-hydrogen) atoms. The predicted octanol–water partition coefficient (Wildman–Crippen LogP) is 3.65. The Morgan fingerprint density at radius 1 is 1.12 bits per heavy atom. The monoisotopic (exact) mass is 356 g/mol. The maximum Gasteiger partial charge on any atom is 0.274 e. The van der Waals surface area contributed by atoms with E-state index in [0.29, 0.717) is 16.9 Å². The molecule has 0 saturated carbocycles. The number of nitrogens with zero attached hydrogens (tertiary/aromatic N) is 3. The lowest BCUT2D eigenvalue weighted by Crippen LogP contribution is -2.27. The van der Waals surface area contributed by atoms with Gasteiger partial charge in [-0.05, 0) is 50.6 Å². The summed E-state index contributed by atoms with van der Waals surface area (Å²) >= 11 is 0. The van der Waals surface area contributed by atoms with E-state index in [1.807, 2.05) is 0 Å². The van der Waals surface area contributed by atoms with Gasteiger partial charge in [-0.2, -0.15) is 0 Å². The number of benzene rings is 2. The number of carbonyl (C=O) groups excluding carboxylic acids is 1. The Morgan fingerprint density at radius 3 is 2.50 bits per heavy atom. The van der Waals surface area contributed by atoms with Crippen molar-refractivity contribution in [3.63, 3.8) is 0 Å². The molecule has 0 aliphatic heterocycles. The predicted molar refractivity (Wildman–Crippen MR) is 93.1 cm³/mol. The van der Waals surface area contributed by atoms with E-state index in [1.165, 1.54) is 22.9 Å². The van der Waals surface area contributed by atoms with Gasteiger partial charge in [-0.15, -0.1) is 5.10 Å². The summed E-state index contributed by atoms with van der Waals surface area (Å²) in [5.41, 5.74) is 2.38. The molecule has 3 aromatic rings. The smallest absolute Gasteiger partial charge is 0.274 e. The molecule has 0 aliphatic carbocycles. The van der Waals surface area contributed by atoms with Crippen LogP contribution in [0.2, 0.25) is 0 Å². The van der Waals surface area contributed by atoms with E-state index in [0.717, 1.165) is 5.56 Å². The highest BCUT2D eigenvalue weighted by Crippen LogP contribution is 2.19. The van der Waals surface area contributed by atoms with Crippen molar-refractivity contribution in [1.29, 1.82) is 0 Å². The van der Waals surface area contributed by atoms with Gasteiger partial charge in [-0.25, -0.2) is 13.5 Å². The van der Waals surface area contributed by atoms with Gasteiger partial charge in [0.25, 0.3) is 5.91 Å². The zero-order valence-corrected chi connectivity index (χ0v) is 14.6. The van der Waals surface area contributed by atoms with Crippen LogP contribution in [0.3, 0.4) is 0 Å². The Morgan fingerprint density at radius 2 is 1.81 bits per heavy atom. The molecule has 0 saturated heterocycles. The second kappa shape index (κ2) is 7.03. The molecule has 7 heteroatoms. The van der Waals surface area contributed by atoms with Gasteiger partial charge < -0.3 is 5.32 Å². The minimum Gasteiger partial charge on any atom is -0.344 e. The molecule has 134 valence electrons. The average Bonchev–Trinajstić information content (AvgIpc) is 2.99. The topological polar surface area (TPSA) is 59.8 Å². The SMILES string of the molecule is Cc1c(F)cccc1-n1nnc(C(=O)NC(C)c2ccc(F)cc2)c1C. The van der Waals surface area contributed by atoms with Crippen molar-refractivity contribution < 1.29 is 13.6 Å². The van der Waals surface area contributed by atoms with Crippen LogP contribution in [0.4, 0.5) is 8.78 Å². The average molecular weight is 356 g/mol. The summed E-state index contributed by atoms with van der Waals surface area (Å²) in [7, 11) is 0. The Bertz CT molecular complexity index is 951. The maximum atomic E-state index is 13.8. The van der Waals surface area contributed by atoms with Crippen LogP contribution in [-0.4, -0.2) is 20.9 Å². The second-order valence-electron chi connectivity index (χ2n) is 6.07. The van der Waals surface area contributed by atoms with Crippen molar-refractivity contribution in [2.24, 2.45) is 0 Å². The first-order chi connectivity index (χ1) is 12.4. The molecule has 1 unspecified atom stereocenters. The molecule has 1 aromatic heterocycles. The number of aromatic nitrogens is 3. The molecule has 0 spiro atoms. The highest BCUT2D eigenvalue weighted by atomic mass is 19.1. The number of carbonyl (C=O) groups is 1. The Balaban J connectivity index is 1.84. The number of rotatable bonds is 4. The van der Waals surface area contributed by atoms with Crippen LogP contribution in [0.25, 0.3) is 5.69 Å². The summed E-state index contributed by atoms with van der Waals surface area (Å²) in [5, 5.41) is 10.7. The fraction of sp³-hybridized carbons (Fsp3) is 0.211. The van der Waals surface area contributed by atoms with Crippen LogP contribution in [0, 0.1) is 25.5 Å². The van der Waals surface area contributed by atoms with Crippen LogP contribution in [0.1, 0.15) is 40.3 Å². The lowest BCUT2D eigenvalue weighted by molar-refractivity contribution is 0.0934. The molecular formula is C19H18F2N4O. The Kier molecular flexibility index (Phi) is 4.79. The van der Waals surface area contributed by atoms with Crippen LogP contribution >= 0.6 is 0 Å². The highest BCUT2D eigenvalue weighted by molar-refractivity contribution is 5.93. The maximum absolute atomic E-state index is 13.8. The summed E-state index contributed by atoms with van der Waals surface area (Å²) in [6.45, 7) is 5.13. The largest absolute Gasteiger partial charge is 0.344 e. The van der Waals surface area contributed by atoms with Crippen LogP contribution < -0.4 is 5.32 Å². The van der Waals surface area contributed by atoms with Gasteiger partial charge in [0.2, 0.25) is 0 Å². The summed E-state index contributed by atoms with van der Waals surface area (Å²) in [6, 6.07) is 10.2. The van der Waals surface area contributed by atoms with E-state index in [4.69, 9.17) is 0 Å². The van der Waals surface area contributed by atoms with Gasteiger partial charge in [0.05, 0.1) is 17.4 Å². The van der Waals surface area contributed by atoms with E-state index in [1.54, 1.807) is 45.0 Å². The van der Waals surface area contributed by atoms with Gasteiger partial charge in [0, 0.05) is 5.56 Å². The fourth-order valence-corrected chi connectivity index (χ4v) is 2.69. The third-order valence-electron chi connectivity index (χ3n) is 4.29. The van der Waals surface area contributed by atoms with Gasteiger partial charge in [-0.1, -0.05) is 23.4 Å². The van der Waals surface area contributed by atoms with Crippen molar-refractivity contribution >= 4 is 5.91 Å². The quantitative estimate of drug-likeness (QED) is 0.776. The molecule has 0 radical (unpaired) electrons. The first-order valence-corrected chi connectivity index (χ1v) is 8.12. The van der Waals surface area contributed by atoms with E-state index in [2.05, 4.69) is 15.6 Å². The number of amides is 1. The number of halogens is 2. The second-order valence-corrected chi connectivity index (χ2v) is 6.07. The molecule has 0 fully saturated rings. The summed E-state index contributed by atoms with van der Waals surface area (Å²) in [5.74, 6) is -1.09. The molecule has 1 amide bonds. The van der Waals surface area contributed by atoms with E-state index >= 15 is 0 Å². The zero-order chi connectivity index (χ0) is 18.8. The minimum atomic E-state index is -0.403. The summed E-state index contributed by atoms with van der Waals surface area (Å²) in [4.78, 5) is 12.5. The Hall–Kier alpha value is -3.09. The van der Waals surface area contributed by atoms with Crippen LogP contribution in [0.5, 0.6) is 0 Å². The lowest BCUT2D eigenvalue weighted by atomic mass is 10.1. The molecule has 0 bridgehead atoms. The third kappa shape index (κ3) is 3.33. The third-order valence-corrected chi connectivity index (χ3v) is 4.29. The van der Waals surface area contributed by atoms with E-state index < -0.39 is 5.91 Å². The van der Waals surface area contributed by atoms with Crippen molar-refractivity contribution in [3.05, 3.63) is 76.6 Å². The lowest BCUT2D eigenvalue weighted by Gasteiger charge is -2.13. The van der Waals surface area contributed by atoms with E-state index in [-0.39, 0.29) is 23.4 Å². The summed E-state index contributed by atoms with van der Waals surface area (Å²) in [6.07, 6.45) is 0. The molecule has 1 atom stereocenters. The molecular weight excluding hydrogens is 338 g/mol. The van der Waals surface area contributed by atoms with Crippen molar-refractivity contribution in [3.8, 4) is 5.69 Å². The number of nitrogens with one attached hydrogen (secondary N) is 1. The zero-order valence-electron chi connectivity index (χ0n) is 14.6. The molecule has 1 heterocycles.